The van der Waals surface area contributed by atoms with Crippen molar-refractivity contribution in [1.82, 2.24) is 24.9 Å². The minimum absolute atomic E-state index is 0.00523. The molecule has 3 aromatic rings. The number of nitrogens with one attached hydrogen (secondary N) is 1. The SMILES string of the molecule is Cc1ccc(-n2ncc3c2CC(C)(C)C[C@H]3NC(=O)CCc2cnn(C)c2)cc1. The first-order chi connectivity index (χ1) is 13.8. The van der Waals surface area contributed by atoms with E-state index in [1.165, 1.54) is 11.3 Å². The van der Waals surface area contributed by atoms with Crippen LogP contribution in [0.2, 0.25) is 0 Å². The third kappa shape index (κ3) is 4.26. The van der Waals surface area contributed by atoms with E-state index < -0.39 is 0 Å². The summed E-state index contributed by atoms with van der Waals surface area (Å²) < 4.78 is 3.80. The molecule has 1 aliphatic carbocycles. The number of aromatic nitrogens is 4. The molecule has 29 heavy (non-hydrogen) atoms. The lowest BCUT2D eigenvalue weighted by Crippen LogP contribution is -2.36. The van der Waals surface area contributed by atoms with Gasteiger partial charge >= 0.3 is 0 Å². The maximum Gasteiger partial charge on any atom is 0.220 e. The van der Waals surface area contributed by atoms with Crippen molar-refractivity contribution in [1.29, 1.82) is 0 Å². The molecule has 6 heteroatoms. The molecule has 2 heterocycles. The fraction of sp³-hybridized carbons (Fsp3) is 0.435. The molecular formula is C23H29N5O. The lowest BCUT2D eigenvalue weighted by molar-refractivity contribution is -0.122. The Hall–Kier alpha value is -2.89. The van der Waals surface area contributed by atoms with Gasteiger partial charge in [-0.3, -0.25) is 9.48 Å². The van der Waals surface area contributed by atoms with E-state index in [2.05, 4.69) is 60.6 Å². The summed E-state index contributed by atoms with van der Waals surface area (Å²) in [5.74, 6) is 0.0746. The highest BCUT2D eigenvalue weighted by Gasteiger charge is 2.35. The van der Waals surface area contributed by atoms with Gasteiger partial charge in [0.05, 0.1) is 29.8 Å². The maximum atomic E-state index is 12.7. The number of fused-ring (bicyclic) bond motifs is 1. The monoisotopic (exact) mass is 391 g/mol. The molecule has 0 saturated carbocycles. The molecule has 0 radical (unpaired) electrons. The standard InChI is InChI=1S/C23H29N5O/c1-16-5-8-18(9-6-16)28-21-12-23(2,3)11-20(19(21)14-25-28)26-22(29)10-7-17-13-24-27(4)15-17/h5-6,8-9,13-15,20H,7,10-12H2,1-4H3,(H,26,29)/t20-/m1/s1. The molecule has 0 aliphatic heterocycles. The van der Waals surface area contributed by atoms with Gasteiger partial charge in [-0.25, -0.2) is 4.68 Å². The predicted octanol–water partition coefficient (Wildman–Crippen LogP) is 3.68. The van der Waals surface area contributed by atoms with Crippen LogP contribution in [0.1, 0.15) is 55.1 Å². The zero-order chi connectivity index (χ0) is 20.6. The number of rotatable bonds is 5. The zero-order valence-corrected chi connectivity index (χ0v) is 17.6. The second kappa shape index (κ2) is 7.50. The summed E-state index contributed by atoms with van der Waals surface area (Å²) in [6.07, 6.45) is 8.73. The Balaban J connectivity index is 1.53. The molecule has 4 rings (SSSR count). The summed E-state index contributed by atoms with van der Waals surface area (Å²) in [6.45, 7) is 6.61. The first kappa shape index (κ1) is 19.4. The van der Waals surface area contributed by atoms with E-state index in [0.717, 1.165) is 29.7 Å². The third-order valence-electron chi connectivity index (χ3n) is 5.69. The third-order valence-corrected chi connectivity index (χ3v) is 5.69. The van der Waals surface area contributed by atoms with Crippen LogP contribution in [0.5, 0.6) is 0 Å². The number of aryl methyl sites for hydroxylation is 3. The molecule has 0 saturated heterocycles. The van der Waals surface area contributed by atoms with Gasteiger partial charge in [0.1, 0.15) is 0 Å². The molecule has 1 atom stereocenters. The van der Waals surface area contributed by atoms with Crippen molar-refractivity contribution >= 4 is 5.91 Å². The lowest BCUT2D eigenvalue weighted by Gasteiger charge is -2.36. The van der Waals surface area contributed by atoms with Crippen LogP contribution in [-0.2, 0) is 24.7 Å². The van der Waals surface area contributed by atoms with Crippen molar-refractivity contribution in [3.8, 4) is 5.69 Å². The summed E-state index contributed by atoms with van der Waals surface area (Å²) in [5.41, 5.74) is 5.81. The van der Waals surface area contributed by atoms with Gasteiger partial charge in [-0.1, -0.05) is 31.5 Å². The van der Waals surface area contributed by atoms with Crippen molar-refractivity contribution < 1.29 is 4.79 Å². The minimum atomic E-state index is -0.00523. The molecule has 1 aliphatic rings. The average molecular weight is 392 g/mol. The predicted molar refractivity (Wildman–Crippen MR) is 113 cm³/mol. The van der Waals surface area contributed by atoms with Crippen LogP contribution in [-0.4, -0.2) is 25.5 Å². The van der Waals surface area contributed by atoms with Crippen molar-refractivity contribution in [2.45, 2.75) is 52.5 Å². The summed E-state index contributed by atoms with van der Waals surface area (Å²) in [7, 11) is 1.89. The molecule has 152 valence electrons. The normalized spacial score (nSPS) is 17.7. The number of benzene rings is 1. The molecule has 0 unspecified atom stereocenters. The fourth-order valence-corrected chi connectivity index (χ4v) is 4.21. The lowest BCUT2D eigenvalue weighted by atomic mass is 9.74. The Morgan fingerprint density at radius 3 is 2.66 bits per heavy atom. The van der Waals surface area contributed by atoms with E-state index in [9.17, 15) is 4.79 Å². The molecule has 1 N–H and O–H groups in total. The van der Waals surface area contributed by atoms with Crippen LogP contribution in [0.25, 0.3) is 5.69 Å². The smallest absolute Gasteiger partial charge is 0.220 e. The van der Waals surface area contributed by atoms with Crippen molar-refractivity contribution in [2.24, 2.45) is 12.5 Å². The number of hydrogen-bond acceptors (Lipinski definition) is 3. The second-order valence-corrected chi connectivity index (χ2v) is 8.98. The Bertz CT molecular complexity index is 1010. The van der Waals surface area contributed by atoms with Gasteiger partial charge < -0.3 is 5.32 Å². The number of amides is 1. The Labute approximate surface area is 171 Å². The molecule has 1 amide bonds. The van der Waals surface area contributed by atoms with Gasteiger partial charge in [-0.15, -0.1) is 0 Å². The highest BCUT2D eigenvalue weighted by atomic mass is 16.1. The Kier molecular flexibility index (Phi) is 5.03. The molecule has 2 aromatic heterocycles. The Morgan fingerprint density at radius 1 is 1.21 bits per heavy atom. The van der Waals surface area contributed by atoms with Gasteiger partial charge in [0.25, 0.3) is 0 Å². The van der Waals surface area contributed by atoms with Gasteiger partial charge in [-0.05, 0) is 49.3 Å². The fourth-order valence-electron chi connectivity index (χ4n) is 4.21. The van der Waals surface area contributed by atoms with E-state index in [4.69, 9.17) is 0 Å². The molecular weight excluding hydrogens is 362 g/mol. The maximum absolute atomic E-state index is 12.7. The molecule has 0 bridgehead atoms. The molecule has 6 nitrogen and oxygen atoms in total. The largest absolute Gasteiger partial charge is 0.349 e. The van der Waals surface area contributed by atoms with E-state index in [1.54, 1.807) is 4.68 Å². The van der Waals surface area contributed by atoms with Crippen molar-refractivity contribution in [2.75, 3.05) is 0 Å². The zero-order valence-electron chi connectivity index (χ0n) is 17.6. The van der Waals surface area contributed by atoms with Crippen LogP contribution in [0.3, 0.4) is 0 Å². The summed E-state index contributed by atoms with van der Waals surface area (Å²) in [4.78, 5) is 12.7. The van der Waals surface area contributed by atoms with E-state index in [0.29, 0.717) is 12.8 Å². The first-order valence-corrected chi connectivity index (χ1v) is 10.2. The van der Waals surface area contributed by atoms with E-state index in [-0.39, 0.29) is 17.4 Å². The summed E-state index contributed by atoms with van der Waals surface area (Å²) in [6, 6.07) is 8.41. The van der Waals surface area contributed by atoms with Crippen LogP contribution in [0.15, 0.2) is 42.9 Å². The van der Waals surface area contributed by atoms with Gasteiger partial charge in [0.15, 0.2) is 0 Å². The van der Waals surface area contributed by atoms with E-state index >= 15 is 0 Å². The highest BCUT2D eigenvalue weighted by Crippen LogP contribution is 2.41. The number of nitrogens with zero attached hydrogens (tertiary/aromatic N) is 4. The molecule has 0 spiro atoms. The topological polar surface area (TPSA) is 64.7 Å². The van der Waals surface area contributed by atoms with Crippen molar-refractivity contribution in [3.05, 3.63) is 65.2 Å². The van der Waals surface area contributed by atoms with Crippen LogP contribution < -0.4 is 5.32 Å². The average Bonchev–Trinajstić information content (AvgIpc) is 3.26. The van der Waals surface area contributed by atoms with Crippen LogP contribution in [0, 0.1) is 12.3 Å². The Morgan fingerprint density at radius 2 is 1.97 bits per heavy atom. The van der Waals surface area contributed by atoms with Gasteiger partial charge in [0, 0.05) is 25.2 Å². The first-order valence-electron chi connectivity index (χ1n) is 10.2. The van der Waals surface area contributed by atoms with Crippen LogP contribution in [0.4, 0.5) is 0 Å². The van der Waals surface area contributed by atoms with E-state index in [1.807, 2.05) is 30.3 Å². The van der Waals surface area contributed by atoms with Crippen molar-refractivity contribution in [3.63, 3.8) is 0 Å². The highest BCUT2D eigenvalue weighted by molar-refractivity contribution is 5.76. The number of carbonyl (C=O) groups excluding carboxylic acids is 1. The molecule has 1 aromatic carbocycles. The van der Waals surface area contributed by atoms with Gasteiger partial charge in [0.2, 0.25) is 5.91 Å². The molecule has 0 fully saturated rings. The summed E-state index contributed by atoms with van der Waals surface area (Å²) >= 11 is 0. The van der Waals surface area contributed by atoms with Crippen LogP contribution >= 0.6 is 0 Å². The van der Waals surface area contributed by atoms with Gasteiger partial charge in [-0.2, -0.15) is 10.2 Å². The quantitative estimate of drug-likeness (QED) is 0.722. The number of hydrogen-bond donors (Lipinski definition) is 1. The summed E-state index contributed by atoms with van der Waals surface area (Å²) in [5, 5.41) is 12.1. The minimum Gasteiger partial charge on any atom is -0.349 e. The second-order valence-electron chi connectivity index (χ2n) is 8.98. The number of carbonyl (C=O) groups is 1.